The first kappa shape index (κ1) is 26.9. The third kappa shape index (κ3) is 4.00. The van der Waals surface area contributed by atoms with Crippen molar-refractivity contribution < 1.29 is 34.4 Å². The third-order valence-corrected chi connectivity index (χ3v) is 8.83. The van der Waals surface area contributed by atoms with E-state index in [0.29, 0.717) is 30.5 Å². The number of hydrogen-bond donors (Lipinski definition) is 3. The Labute approximate surface area is 213 Å². The van der Waals surface area contributed by atoms with Gasteiger partial charge in [-0.2, -0.15) is 0 Å². The predicted octanol–water partition coefficient (Wildman–Crippen LogP) is 1.57. The number of hydrogen-bond acceptors (Lipinski definition) is 9. The highest BCUT2D eigenvalue weighted by Crippen LogP contribution is 2.62. The second-order valence-electron chi connectivity index (χ2n) is 11.5. The number of carbonyl (C=O) groups excluding carboxylic acids is 2. The fraction of sp³-hybridized carbons (Fsp3) is 0.704. The molecule has 4 rings (SSSR count). The van der Waals surface area contributed by atoms with Crippen molar-refractivity contribution >= 4 is 11.8 Å². The number of fused-ring (bicyclic) bond motifs is 4. The fourth-order valence-electron chi connectivity index (χ4n) is 6.93. The summed E-state index contributed by atoms with van der Waals surface area (Å²) in [6.45, 7) is 5.27. The molecule has 1 saturated heterocycles. The molecule has 1 saturated carbocycles. The van der Waals surface area contributed by atoms with Crippen LogP contribution in [-0.4, -0.2) is 103 Å². The summed E-state index contributed by atoms with van der Waals surface area (Å²) < 4.78 is 11.3. The average Bonchev–Trinajstić information content (AvgIpc) is 3.08. The average molecular weight is 505 g/mol. The van der Waals surface area contributed by atoms with Crippen LogP contribution in [0, 0.1) is 16.7 Å². The lowest BCUT2D eigenvalue weighted by molar-refractivity contribution is -0.157. The fourth-order valence-corrected chi connectivity index (χ4v) is 6.93. The van der Waals surface area contributed by atoms with Crippen molar-refractivity contribution in [2.24, 2.45) is 16.7 Å². The van der Waals surface area contributed by atoms with E-state index in [1.807, 2.05) is 39.9 Å². The van der Waals surface area contributed by atoms with E-state index in [1.165, 1.54) is 7.11 Å². The van der Waals surface area contributed by atoms with Crippen LogP contribution in [0.4, 0.5) is 0 Å². The molecule has 9 nitrogen and oxygen atoms in total. The molecule has 0 bridgehead atoms. The number of Topliss-reactive ketones (excluding diaryl/α,β-unsaturated/α-hetero) is 1. The van der Waals surface area contributed by atoms with Gasteiger partial charge in [-0.05, 0) is 64.7 Å². The molecule has 0 amide bonds. The molecule has 0 aromatic carbocycles. The number of rotatable bonds is 7. The Morgan fingerprint density at radius 3 is 2.47 bits per heavy atom. The minimum absolute atomic E-state index is 0.0349. The van der Waals surface area contributed by atoms with E-state index < -0.39 is 46.7 Å². The van der Waals surface area contributed by atoms with Gasteiger partial charge in [-0.1, -0.05) is 6.92 Å². The molecule has 1 aliphatic heterocycles. The molecule has 2 fully saturated rings. The van der Waals surface area contributed by atoms with E-state index >= 15 is 0 Å². The van der Waals surface area contributed by atoms with Gasteiger partial charge in [0.2, 0.25) is 5.78 Å². The van der Waals surface area contributed by atoms with Gasteiger partial charge in [-0.15, -0.1) is 0 Å². The Kier molecular flexibility index (Phi) is 7.16. The smallest absolute Gasteiger partial charge is 0.340 e. The Balaban J connectivity index is 1.85. The number of ketones is 1. The molecule has 0 unspecified atom stereocenters. The molecular formula is C27H40N2O7. The molecule has 200 valence electrons. The second kappa shape index (κ2) is 9.59. The number of esters is 1. The normalized spacial score (nSPS) is 37.3. The van der Waals surface area contributed by atoms with Gasteiger partial charge in [0.1, 0.15) is 6.10 Å². The monoisotopic (exact) mass is 504 g/mol. The molecule has 3 aliphatic carbocycles. The molecule has 1 heterocycles. The first-order valence-corrected chi connectivity index (χ1v) is 12.7. The maximum atomic E-state index is 13.8. The summed E-state index contributed by atoms with van der Waals surface area (Å²) in [5.41, 5.74) is -0.703. The quantitative estimate of drug-likeness (QED) is 0.350. The molecule has 36 heavy (non-hydrogen) atoms. The molecule has 6 atom stereocenters. The highest BCUT2D eigenvalue weighted by Gasteiger charge is 2.63. The number of ether oxygens (including phenoxy) is 2. The minimum atomic E-state index is -1.16. The van der Waals surface area contributed by atoms with Crippen LogP contribution in [0.3, 0.4) is 0 Å². The largest absolute Gasteiger partial charge is 0.504 e. The lowest BCUT2D eigenvalue weighted by atomic mass is 9.53. The highest BCUT2D eigenvalue weighted by atomic mass is 16.6. The molecule has 4 aliphatic rings. The van der Waals surface area contributed by atoms with Crippen molar-refractivity contribution in [3.63, 3.8) is 0 Å². The van der Waals surface area contributed by atoms with Gasteiger partial charge < -0.3 is 34.6 Å². The third-order valence-electron chi connectivity index (χ3n) is 8.83. The summed E-state index contributed by atoms with van der Waals surface area (Å²) in [7, 11) is 7.31. The topological polar surface area (TPSA) is 120 Å². The maximum absolute atomic E-state index is 13.8. The van der Waals surface area contributed by atoms with Crippen molar-refractivity contribution in [3.05, 3.63) is 34.3 Å². The van der Waals surface area contributed by atoms with Crippen molar-refractivity contribution in [2.75, 3.05) is 47.9 Å². The zero-order valence-electron chi connectivity index (χ0n) is 22.2. The number of aliphatic hydroxyl groups is 3. The van der Waals surface area contributed by atoms with Gasteiger partial charge >= 0.3 is 5.97 Å². The second-order valence-corrected chi connectivity index (χ2v) is 11.5. The number of allylic oxidation sites excluding steroid dienone is 1. The number of methoxy groups -OCH3 is 1. The Morgan fingerprint density at radius 1 is 1.14 bits per heavy atom. The van der Waals surface area contributed by atoms with Crippen LogP contribution in [0.15, 0.2) is 34.3 Å². The molecule has 3 N–H and O–H groups in total. The number of nitrogens with zero attached hydrogens (tertiary/aromatic N) is 2. The summed E-state index contributed by atoms with van der Waals surface area (Å²) >= 11 is 0. The van der Waals surface area contributed by atoms with Crippen molar-refractivity contribution in [2.45, 2.75) is 57.8 Å². The van der Waals surface area contributed by atoms with Crippen LogP contribution in [0.2, 0.25) is 0 Å². The van der Waals surface area contributed by atoms with Crippen LogP contribution < -0.4 is 0 Å². The van der Waals surface area contributed by atoms with Gasteiger partial charge in [-0.25, -0.2) is 4.79 Å². The Bertz CT molecular complexity index is 1030. The van der Waals surface area contributed by atoms with Gasteiger partial charge in [0.25, 0.3) is 0 Å². The van der Waals surface area contributed by atoms with Crippen LogP contribution >= 0.6 is 0 Å². The van der Waals surface area contributed by atoms with Gasteiger partial charge in [0, 0.05) is 43.5 Å². The number of cyclic esters (lactones) is 1. The SMILES string of the molecule is COC[C@H]1OC(=O)/C(=C/N(C)CCCN(C)C)C2=C(O)C(=O)C3=C([C@H](O)C[C@]4(C)[C@@H](O)CC[C@@H]34)[C@]21C. The highest BCUT2D eigenvalue weighted by molar-refractivity contribution is 6.13. The molecule has 0 spiro atoms. The van der Waals surface area contributed by atoms with Gasteiger partial charge in [0.15, 0.2) is 5.76 Å². The van der Waals surface area contributed by atoms with E-state index in [0.717, 1.165) is 13.0 Å². The molecule has 0 aromatic heterocycles. The van der Waals surface area contributed by atoms with Crippen LogP contribution in [0.25, 0.3) is 0 Å². The van der Waals surface area contributed by atoms with Gasteiger partial charge in [0.05, 0.1) is 29.8 Å². The van der Waals surface area contributed by atoms with Crippen molar-refractivity contribution in [3.8, 4) is 0 Å². The predicted molar refractivity (Wildman–Crippen MR) is 133 cm³/mol. The molecular weight excluding hydrogens is 464 g/mol. The van der Waals surface area contributed by atoms with Crippen LogP contribution in [0.1, 0.15) is 39.5 Å². The number of carbonyl (C=O) groups is 2. The Morgan fingerprint density at radius 2 is 1.83 bits per heavy atom. The van der Waals surface area contributed by atoms with Crippen LogP contribution in [0.5, 0.6) is 0 Å². The minimum Gasteiger partial charge on any atom is -0.504 e. The zero-order chi connectivity index (χ0) is 26.6. The van der Waals surface area contributed by atoms with E-state index in [4.69, 9.17) is 9.47 Å². The first-order chi connectivity index (χ1) is 16.9. The molecule has 0 radical (unpaired) electrons. The summed E-state index contributed by atoms with van der Waals surface area (Å²) in [4.78, 5) is 30.9. The Hall–Kier alpha value is -2.20. The van der Waals surface area contributed by atoms with Crippen molar-refractivity contribution in [1.82, 2.24) is 9.80 Å². The molecule has 0 aromatic rings. The standard InChI is InChI=1S/C27H40N2O7/c1-26-12-17(30)22-20(16(26)8-9-18(26)31)23(32)24(33)21-15(13-29(5)11-7-10-28(3)4)25(34)36-19(14-35-6)27(21,22)2/h13,16-19,30-31,33H,7-12,14H2,1-6H3/b15-13+/t16-,17+,18-,19+,26-,27-/m0/s1. The van der Waals surface area contributed by atoms with E-state index in [2.05, 4.69) is 4.90 Å². The van der Waals surface area contributed by atoms with Crippen LogP contribution in [-0.2, 0) is 19.1 Å². The lowest BCUT2D eigenvalue weighted by Crippen LogP contribution is -2.56. The maximum Gasteiger partial charge on any atom is 0.340 e. The summed E-state index contributed by atoms with van der Waals surface area (Å²) in [6.07, 6.45) is 1.34. The van der Waals surface area contributed by atoms with E-state index in [1.54, 1.807) is 6.20 Å². The van der Waals surface area contributed by atoms with Gasteiger partial charge in [-0.3, -0.25) is 4.79 Å². The van der Waals surface area contributed by atoms with E-state index in [9.17, 15) is 24.9 Å². The summed E-state index contributed by atoms with van der Waals surface area (Å²) in [5.74, 6) is -2.01. The number of aliphatic hydroxyl groups excluding tert-OH is 3. The van der Waals surface area contributed by atoms with Crippen molar-refractivity contribution in [1.29, 1.82) is 0 Å². The lowest BCUT2D eigenvalue weighted by Gasteiger charge is -2.53. The zero-order valence-corrected chi connectivity index (χ0v) is 22.2. The summed E-state index contributed by atoms with van der Waals surface area (Å²) in [5, 5.41) is 33.6. The molecule has 9 heteroatoms. The summed E-state index contributed by atoms with van der Waals surface area (Å²) in [6, 6.07) is 0. The first-order valence-electron chi connectivity index (χ1n) is 12.7. The van der Waals surface area contributed by atoms with E-state index in [-0.39, 0.29) is 30.1 Å².